The maximum absolute atomic E-state index is 13.5. The number of rotatable bonds is 9. The lowest BCUT2D eigenvalue weighted by atomic mass is 10.1. The van der Waals surface area contributed by atoms with Crippen LogP contribution in [0.15, 0.2) is 72.4 Å². The zero-order chi connectivity index (χ0) is 27.2. The summed E-state index contributed by atoms with van der Waals surface area (Å²) in [7, 11) is 1.28. The van der Waals surface area contributed by atoms with Crippen LogP contribution >= 0.6 is 35.4 Å². The zero-order valence-electron chi connectivity index (χ0n) is 20.6. The smallest absolute Gasteiger partial charge is 0.325 e. The van der Waals surface area contributed by atoms with Gasteiger partial charge in [0.15, 0.2) is 16.6 Å². The molecule has 3 aromatic carbocycles. The van der Waals surface area contributed by atoms with Gasteiger partial charge in [0.25, 0.3) is 5.91 Å². The van der Waals surface area contributed by atoms with Crippen molar-refractivity contribution in [1.82, 2.24) is 4.90 Å². The van der Waals surface area contributed by atoms with Crippen LogP contribution in [0.3, 0.4) is 0 Å². The van der Waals surface area contributed by atoms with Crippen LogP contribution in [-0.4, -0.2) is 42.2 Å². The Bertz CT molecular complexity index is 1380. The molecule has 4 rings (SSSR count). The molecular formula is C28H24Cl2N2O5S. The van der Waals surface area contributed by atoms with Crippen LogP contribution in [0, 0.1) is 0 Å². The highest BCUT2D eigenvalue weighted by molar-refractivity contribution is 7.80. The van der Waals surface area contributed by atoms with Crippen LogP contribution in [-0.2, 0) is 20.9 Å². The van der Waals surface area contributed by atoms with E-state index in [0.717, 1.165) is 5.56 Å². The maximum atomic E-state index is 13.5. The number of hydrogen-bond acceptors (Lipinski definition) is 6. The second-order valence-electron chi connectivity index (χ2n) is 8.15. The van der Waals surface area contributed by atoms with E-state index in [4.69, 9.17) is 49.6 Å². The van der Waals surface area contributed by atoms with E-state index < -0.39 is 5.97 Å². The molecular weight excluding hydrogens is 547 g/mol. The Morgan fingerprint density at radius 3 is 2.24 bits per heavy atom. The molecule has 0 spiro atoms. The van der Waals surface area contributed by atoms with Crippen LogP contribution in [0.2, 0.25) is 10.0 Å². The van der Waals surface area contributed by atoms with Crippen LogP contribution in [0.25, 0.3) is 6.08 Å². The summed E-state index contributed by atoms with van der Waals surface area (Å²) in [6.45, 7) is 2.39. The molecule has 196 valence electrons. The first-order valence-corrected chi connectivity index (χ1v) is 12.8. The summed E-state index contributed by atoms with van der Waals surface area (Å²) in [5.41, 5.74) is 2.36. The van der Waals surface area contributed by atoms with Gasteiger partial charge in [-0.2, -0.15) is 0 Å². The van der Waals surface area contributed by atoms with E-state index in [0.29, 0.717) is 46.0 Å². The van der Waals surface area contributed by atoms with Gasteiger partial charge in [-0.15, -0.1) is 0 Å². The van der Waals surface area contributed by atoms with Crippen molar-refractivity contribution in [1.29, 1.82) is 0 Å². The molecule has 1 aliphatic heterocycles. The highest BCUT2D eigenvalue weighted by Gasteiger charge is 2.40. The average Bonchev–Trinajstić information content (AvgIpc) is 3.13. The van der Waals surface area contributed by atoms with E-state index in [9.17, 15) is 9.59 Å². The van der Waals surface area contributed by atoms with E-state index in [-0.39, 0.29) is 23.3 Å². The quantitative estimate of drug-likeness (QED) is 0.174. The van der Waals surface area contributed by atoms with Crippen molar-refractivity contribution in [2.75, 3.05) is 25.2 Å². The van der Waals surface area contributed by atoms with Crippen molar-refractivity contribution in [3.63, 3.8) is 0 Å². The number of ether oxygens (including phenoxy) is 3. The summed E-state index contributed by atoms with van der Waals surface area (Å²) in [6, 6.07) is 19.4. The van der Waals surface area contributed by atoms with Gasteiger partial charge in [0.2, 0.25) is 0 Å². The summed E-state index contributed by atoms with van der Waals surface area (Å²) in [4.78, 5) is 28.5. The Morgan fingerprint density at radius 2 is 1.61 bits per heavy atom. The molecule has 1 saturated heterocycles. The monoisotopic (exact) mass is 570 g/mol. The van der Waals surface area contributed by atoms with Crippen molar-refractivity contribution in [2.45, 2.75) is 13.5 Å². The molecule has 0 saturated carbocycles. The molecule has 0 aliphatic carbocycles. The topological polar surface area (TPSA) is 68.3 Å². The third kappa shape index (κ3) is 6.27. The van der Waals surface area contributed by atoms with E-state index in [2.05, 4.69) is 0 Å². The average molecular weight is 571 g/mol. The van der Waals surface area contributed by atoms with Crippen molar-refractivity contribution >= 4 is 64.2 Å². The maximum Gasteiger partial charge on any atom is 0.325 e. The van der Waals surface area contributed by atoms with Gasteiger partial charge in [0.05, 0.1) is 19.4 Å². The number of methoxy groups -OCH3 is 1. The molecule has 0 aromatic heterocycles. The lowest BCUT2D eigenvalue weighted by Crippen LogP contribution is -2.35. The first-order valence-electron chi connectivity index (χ1n) is 11.6. The number of amides is 1. The summed E-state index contributed by atoms with van der Waals surface area (Å²) < 4.78 is 16.6. The predicted molar refractivity (Wildman–Crippen MR) is 152 cm³/mol. The third-order valence-corrected chi connectivity index (χ3v) is 6.52. The summed E-state index contributed by atoms with van der Waals surface area (Å²) in [6.07, 6.45) is 1.65. The van der Waals surface area contributed by atoms with Crippen LogP contribution in [0.1, 0.15) is 18.1 Å². The van der Waals surface area contributed by atoms with Gasteiger partial charge in [-0.25, -0.2) is 0 Å². The number of anilines is 1. The Hall–Kier alpha value is -3.59. The Kier molecular flexibility index (Phi) is 8.89. The molecule has 1 aliphatic rings. The molecule has 0 atom stereocenters. The van der Waals surface area contributed by atoms with Gasteiger partial charge in [-0.1, -0.05) is 41.4 Å². The van der Waals surface area contributed by atoms with E-state index in [1.54, 1.807) is 60.7 Å². The number of halogens is 2. The Labute approximate surface area is 236 Å². The van der Waals surface area contributed by atoms with Crippen LogP contribution in [0.5, 0.6) is 11.5 Å². The van der Waals surface area contributed by atoms with Gasteiger partial charge in [-0.3, -0.25) is 14.5 Å². The minimum absolute atomic E-state index is 0.155. The summed E-state index contributed by atoms with van der Waals surface area (Å²) in [5, 5.41) is 1.33. The standard InChI is InChI=1S/C28H24Cl2N2O5S/c1-3-36-25-15-19(6-13-24(25)37-17-18-4-7-20(29)8-5-18)14-23-27(34)32(22-11-9-21(30)10-12-22)28(38)31(23)16-26(33)35-2/h4-15H,3,16-17H2,1-2H3/b23-14-. The van der Waals surface area contributed by atoms with Crippen molar-refractivity contribution in [2.24, 2.45) is 0 Å². The molecule has 1 fully saturated rings. The number of benzene rings is 3. The van der Waals surface area contributed by atoms with Crippen molar-refractivity contribution in [3.8, 4) is 11.5 Å². The molecule has 1 amide bonds. The molecule has 10 heteroatoms. The Balaban J connectivity index is 1.65. The number of hydrogen-bond donors (Lipinski definition) is 0. The first-order chi connectivity index (χ1) is 18.3. The van der Waals surface area contributed by atoms with E-state index in [1.807, 2.05) is 19.1 Å². The van der Waals surface area contributed by atoms with E-state index >= 15 is 0 Å². The minimum atomic E-state index is -0.537. The van der Waals surface area contributed by atoms with Gasteiger partial charge in [-0.05, 0) is 84.9 Å². The SMILES string of the molecule is CCOc1cc(/C=C2/C(=O)N(c3ccc(Cl)cc3)C(=S)N2CC(=O)OC)ccc1OCc1ccc(Cl)cc1. The molecule has 3 aromatic rings. The minimum Gasteiger partial charge on any atom is -0.490 e. The van der Waals surface area contributed by atoms with E-state index in [1.165, 1.54) is 16.9 Å². The molecule has 7 nitrogen and oxygen atoms in total. The second kappa shape index (κ2) is 12.3. The number of carbonyl (C=O) groups excluding carboxylic acids is 2. The van der Waals surface area contributed by atoms with Crippen molar-refractivity contribution in [3.05, 3.63) is 93.6 Å². The number of nitrogens with zero attached hydrogens (tertiary/aromatic N) is 2. The fourth-order valence-corrected chi connectivity index (χ4v) is 4.35. The first kappa shape index (κ1) is 27.4. The summed E-state index contributed by atoms with van der Waals surface area (Å²) in [5.74, 6) is 0.136. The van der Waals surface area contributed by atoms with Crippen LogP contribution in [0.4, 0.5) is 5.69 Å². The molecule has 0 bridgehead atoms. The van der Waals surface area contributed by atoms with Gasteiger partial charge in [0, 0.05) is 10.0 Å². The fraction of sp³-hybridized carbons (Fsp3) is 0.179. The second-order valence-corrected chi connectivity index (χ2v) is 9.38. The lowest BCUT2D eigenvalue weighted by Gasteiger charge is -2.19. The molecule has 38 heavy (non-hydrogen) atoms. The number of thiocarbonyl (C=S) groups is 1. The van der Waals surface area contributed by atoms with Crippen molar-refractivity contribution < 1.29 is 23.8 Å². The van der Waals surface area contributed by atoms with Crippen LogP contribution < -0.4 is 14.4 Å². The lowest BCUT2D eigenvalue weighted by molar-refractivity contribution is -0.140. The van der Waals surface area contributed by atoms with Gasteiger partial charge < -0.3 is 19.1 Å². The van der Waals surface area contributed by atoms with Gasteiger partial charge in [0.1, 0.15) is 18.8 Å². The summed E-state index contributed by atoms with van der Waals surface area (Å²) >= 11 is 17.6. The van der Waals surface area contributed by atoms with Gasteiger partial charge >= 0.3 is 5.97 Å². The molecule has 0 radical (unpaired) electrons. The fourth-order valence-electron chi connectivity index (χ4n) is 3.75. The largest absolute Gasteiger partial charge is 0.490 e. The number of carbonyl (C=O) groups is 2. The molecule has 0 unspecified atom stereocenters. The molecule has 0 N–H and O–H groups in total. The highest BCUT2D eigenvalue weighted by Crippen LogP contribution is 2.33. The third-order valence-electron chi connectivity index (χ3n) is 5.61. The molecule has 1 heterocycles. The number of esters is 1. The highest BCUT2D eigenvalue weighted by atomic mass is 35.5. The zero-order valence-corrected chi connectivity index (χ0v) is 23.0. The normalized spacial score (nSPS) is 14.3. The predicted octanol–water partition coefficient (Wildman–Crippen LogP) is 6.12. The Morgan fingerprint density at radius 1 is 0.947 bits per heavy atom.